The number of rotatable bonds is 8. The molecule has 5 aromatic heterocycles. The number of benzene rings is 8. The molecule has 0 radical (unpaired) electrons. The van der Waals surface area contributed by atoms with Crippen LogP contribution in [0.1, 0.15) is 0 Å². The van der Waals surface area contributed by atoms with Crippen LogP contribution < -0.4 is 21.0 Å². The van der Waals surface area contributed by atoms with Crippen molar-refractivity contribution >= 4 is 62.2 Å². The quantitative estimate of drug-likeness (QED) is 0.135. The zero-order valence-electron chi connectivity index (χ0n) is 38.2. The van der Waals surface area contributed by atoms with Crippen molar-refractivity contribution in [2.75, 3.05) is 0 Å². The summed E-state index contributed by atoms with van der Waals surface area (Å²) in [6.45, 7) is 0. The highest BCUT2D eigenvalue weighted by atomic mass is 28.3. The molecule has 0 spiro atoms. The third-order valence-corrected chi connectivity index (χ3v) is 18.0. The van der Waals surface area contributed by atoms with Gasteiger partial charge in [-0.2, -0.15) is 0 Å². The van der Waals surface area contributed by atoms with Crippen molar-refractivity contribution in [1.82, 2.24) is 59.4 Å². The summed E-state index contributed by atoms with van der Waals surface area (Å²) in [6, 6.07) is 65.5. The van der Waals surface area contributed by atoms with Crippen LogP contribution >= 0.6 is 0 Å². The minimum Gasteiger partial charge on any atom is -0.299 e. The topological polar surface area (TPSA) is 147 Å². The minimum absolute atomic E-state index is 0.484. The zero-order valence-corrected chi connectivity index (χ0v) is 39.2. The van der Waals surface area contributed by atoms with Gasteiger partial charge in [0.25, 0.3) is 0 Å². The molecule has 0 aliphatic carbocycles. The molecule has 0 amide bonds. The van der Waals surface area contributed by atoms with Crippen molar-refractivity contribution in [3.05, 3.63) is 219 Å². The molecule has 13 heteroatoms. The van der Waals surface area contributed by atoms with Gasteiger partial charge in [0, 0.05) is 63.9 Å². The lowest BCUT2D eigenvalue weighted by Gasteiger charge is -2.30. The van der Waals surface area contributed by atoms with Crippen LogP contribution in [0.3, 0.4) is 0 Å². The van der Waals surface area contributed by atoms with E-state index in [1.807, 2.05) is 127 Å². The Morgan fingerprint density at radius 1 is 0.292 bits per heavy atom. The van der Waals surface area contributed by atoms with E-state index >= 15 is 0 Å². The molecule has 1 aliphatic heterocycles. The first-order chi connectivity index (χ1) is 35.7. The normalized spacial score (nSPS) is 12.6. The Morgan fingerprint density at radius 3 is 1.12 bits per heavy atom. The molecule has 0 bridgehead atoms. The average molecular weight is 941 g/mol. The molecule has 0 fully saturated rings. The van der Waals surface area contributed by atoms with E-state index in [0.717, 1.165) is 71.1 Å². The molecule has 14 rings (SSSR count). The van der Waals surface area contributed by atoms with E-state index in [-0.39, 0.29) is 0 Å². The van der Waals surface area contributed by atoms with Gasteiger partial charge in [0.15, 0.2) is 34.9 Å². The van der Waals surface area contributed by atoms with Gasteiger partial charge in [-0.3, -0.25) is 24.5 Å². The van der Waals surface area contributed by atoms with E-state index < -0.39 is 8.07 Å². The monoisotopic (exact) mass is 940 g/mol. The highest BCUT2D eigenvalue weighted by molar-refractivity contribution is 7.22. The fourth-order valence-corrected chi connectivity index (χ4v) is 15.4. The SMILES string of the molecule is c1ccc(-c2nc(-c3ccccc3)nc(-c3ccc([Si]4(c5ccc(-c6nc(-c7ccccc7)nc(-c7ccccc7)n6)c6nccnc56)c5ccccc5-n5c4nc4ccccc45)c4nccnc34)n2)cc1. The van der Waals surface area contributed by atoms with Gasteiger partial charge in [-0.05, 0) is 45.9 Å². The predicted molar refractivity (Wildman–Crippen MR) is 284 cm³/mol. The van der Waals surface area contributed by atoms with Crippen LogP contribution in [0.25, 0.3) is 107 Å². The maximum absolute atomic E-state index is 5.63. The second-order valence-electron chi connectivity index (χ2n) is 17.4. The largest absolute Gasteiger partial charge is 0.299 e. The predicted octanol–water partition coefficient (Wildman–Crippen LogP) is 8.97. The van der Waals surface area contributed by atoms with E-state index in [4.69, 9.17) is 54.8 Å². The highest BCUT2D eigenvalue weighted by Gasteiger charge is 2.54. The summed E-state index contributed by atoms with van der Waals surface area (Å²) >= 11 is 0. The van der Waals surface area contributed by atoms with E-state index in [1.54, 1.807) is 24.8 Å². The molecule has 6 heterocycles. The van der Waals surface area contributed by atoms with Crippen LogP contribution in [-0.4, -0.2) is 67.5 Å². The molecular formula is C59H36N12Si. The molecule has 0 atom stereocenters. The van der Waals surface area contributed by atoms with Gasteiger partial charge in [0.2, 0.25) is 8.07 Å². The Hall–Kier alpha value is -9.85. The van der Waals surface area contributed by atoms with Gasteiger partial charge >= 0.3 is 0 Å². The van der Waals surface area contributed by atoms with Gasteiger partial charge in [0.1, 0.15) is 5.45 Å². The fraction of sp³-hybridized carbons (Fsp3) is 0. The minimum atomic E-state index is -3.60. The first-order valence-corrected chi connectivity index (χ1v) is 25.5. The van der Waals surface area contributed by atoms with E-state index in [9.17, 15) is 0 Å². The van der Waals surface area contributed by atoms with Crippen LogP contribution in [0.15, 0.2) is 219 Å². The molecule has 1 aliphatic rings. The Morgan fingerprint density at radius 2 is 0.667 bits per heavy atom. The molecule has 0 saturated carbocycles. The van der Waals surface area contributed by atoms with Crippen LogP contribution in [0.2, 0.25) is 0 Å². The van der Waals surface area contributed by atoms with Gasteiger partial charge in [0.05, 0.1) is 33.1 Å². The number of imidazole rings is 1. The number of nitrogens with zero attached hydrogens (tertiary/aromatic N) is 12. The van der Waals surface area contributed by atoms with Crippen LogP contribution in [0.5, 0.6) is 0 Å². The van der Waals surface area contributed by atoms with Gasteiger partial charge in [-0.25, -0.2) is 34.9 Å². The lowest BCUT2D eigenvalue weighted by molar-refractivity contribution is 1.07. The Labute approximate surface area is 412 Å². The van der Waals surface area contributed by atoms with Crippen molar-refractivity contribution in [1.29, 1.82) is 0 Å². The fourth-order valence-electron chi connectivity index (χ4n) is 10.2. The van der Waals surface area contributed by atoms with Crippen molar-refractivity contribution < 1.29 is 0 Å². The molecular weight excluding hydrogens is 905 g/mol. The first kappa shape index (κ1) is 41.1. The number of fused-ring (bicyclic) bond motifs is 7. The summed E-state index contributed by atoms with van der Waals surface area (Å²) in [6.07, 6.45) is 6.99. The van der Waals surface area contributed by atoms with E-state index in [2.05, 4.69) is 71.3 Å². The Balaban J connectivity index is 1.05. The highest BCUT2D eigenvalue weighted by Crippen LogP contribution is 2.34. The van der Waals surface area contributed by atoms with Crippen molar-refractivity contribution in [2.24, 2.45) is 0 Å². The van der Waals surface area contributed by atoms with Crippen molar-refractivity contribution in [3.63, 3.8) is 0 Å². The molecule has 12 nitrogen and oxygen atoms in total. The number of hydrogen-bond acceptors (Lipinski definition) is 11. The Kier molecular flexibility index (Phi) is 9.53. The van der Waals surface area contributed by atoms with Crippen molar-refractivity contribution in [2.45, 2.75) is 0 Å². The summed E-state index contributed by atoms with van der Waals surface area (Å²) < 4.78 is 2.33. The second kappa shape index (κ2) is 16.7. The molecule has 0 unspecified atom stereocenters. The molecule has 0 saturated heterocycles. The van der Waals surface area contributed by atoms with Crippen LogP contribution in [-0.2, 0) is 0 Å². The molecule has 8 aromatic carbocycles. The second-order valence-corrected chi connectivity index (χ2v) is 21.0. The maximum atomic E-state index is 5.63. The summed E-state index contributed by atoms with van der Waals surface area (Å²) in [4.78, 5) is 57.0. The summed E-state index contributed by atoms with van der Waals surface area (Å²) in [5.74, 6) is 3.19. The molecule has 13 aromatic rings. The van der Waals surface area contributed by atoms with Gasteiger partial charge in [-0.15, -0.1) is 0 Å². The number of aromatic nitrogens is 12. The molecule has 0 N–H and O–H groups in total. The summed E-state index contributed by atoms with van der Waals surface area (Å²) in [7, 11) is -3.60. The molecule has 72 heavy (non-hydrogen) atoms. The van der Waals surface area contributed by atoms with Crippen LogP contribution in [0.4, 0.5) is 0 Å². The van der Waals surface area contributed by atoms with Crippen molar-refractivity contribution in [3.8, 4) is 74.0 Å². The first-order valence-electron chi connectivity index (χ1n) is 23.5. The average Bonchev–Trinajstić information content (AvgIpc) is 3.99. The summed E-state index contributed by atoms with van der Waals surface area (Å²) in [5, 5.41) is 3.09. The van der Waals surface area contributed by atoms with Gasteiger partial charge in [-0.1, -0.05) is 164 Å². The number of para-hydroxylation sites is 3. The maximum Gasteiger partial charge on any atom is 0.230 e. The third-order valence-electron chi connectivity index (χ3n) is 13.4. The smallest absolute Gasteiger partial charge is 0.230 e. The van der Waals surface area contributed by atoms with Gasteiger partial charge < -0.3 is 0 Å². The Bertz CT molecular complexity index is 3910. The van der Waals surface area contributed by atoms with E-state index in [0.29, 0.717) is 57.0 Å². The van der Waals surface area contributed by atoms with Crippen LogP contribution in [0, 0.1) is 0 Å². The lowest BCUT2D eigenvalue weighted by Crippen LogP contribution is -2.74. The number of hydrogen-bond donors (Lipinski definition) is 0. The van der Waals surface area contributed by atoms with E-state index in [1.165, 1.54) is 0 Å². The zero-order chi connectivity index (χ0) is 47.6. The summed E-state index contributed by atoms with van der Waals surface area (Å²) in [5.41, 5.74) is 11.5. The third kappa shape index (κ3) is 6.48. The standard InChI is InChI=1S/C59H36N12Si/c1-5-17-37(18-6-1)53-65-54(38-19-7-2-8-20-38)68-57(67-53)41-29-31-47(51-49(41)60-33-35-62-51)72(46-28-16-15-27-45(46)71-44-26-14-13-25-43(44)64-59(71)72)48-32-30-42(50-52(48)63-36-34-61-50)58-69-55(39-21-9-3-10-22-39)66-56(70-58)40-23-11-4-12-24-40/h1-36H. The lowest BCUT2D eigenvalue weighted by atomic mass is 10.1. The molecule has 336 valence electrons.